The smallest absolute Gasteiger partial charge is 0.125 e. The minimum Gasteiger partial charge on any atom is -0.383 e. The molecule has 1 aromatic carbocycles. The highest BCUT2D eigenvalue weighted by Gasteiger charge is 2.20. The standard InChI is InChI=1S/C10H10Cl2N2/c11-7-3-6(4-8(12)5-7)10(13)14-9-1-2-9/h3-5,9H,1-2H2,(H2,13,14). The fraction of sp³-hybridized carbons (Fsp3) is 0.300. The van der Waals surface area contributed by atoms with Crippen LogP contribution in [0, 0.1) is 0 Å². The summed E-state index contributed by atoms with van der Waals surface area (Å²) in [7, 11) is 0. The number of aliphatic imine (C=N–C) groups is 1. The van der Waals surface area contributed by atoms with Gasteiger partial charge >= 0.3 is 0 Å². The first-order valence-corrected chi connectivity index (χ1v) is 5.20. The summed E-state index contributed by atoms with van der Waals surface area (Å²) in [5.74, 6) is 0.525. The molecule has 0 aliphatic heterocycles. The maximum absolute atomic E-state index is 5.85. The van der Waals surface area contributed by atoms with E-state index < -0.39 is 0 Å². The Morgan fingerprint density at radius 2 is 1.79 bits per heavy atom. The monoisotopic (exact) mass is 228 g/mol. The van der Waals surface area contributed by atoms with Gasteiger partial charge in [0.05, 0.1) is 6.04 Å². The first kappa shape index (κ1) is 9.81. The number of benzene rings is 1. The highest BCUT2D eigenvalue weighted by Crippen LogP contribution is 2.25. The molecule has 2 nitrogen and oxygen atoms in total. The van der Waals surface area contributed by atoms with Crippen LogP contribution in [0.3, 0.4) is 0 Å². The summed E-state index contributed by atoms with van der Waals surface area (Å²) in [4.78, 5) is 4.32. The lowest BCUT2D eigenvalue weighted by atomic mass is 10.2. The molecule has 0 atom stereocenters. The van der Waals surface area contributed by atoms with Crippen LogP contribution in [0.25, 0.3) is 0 Å². The molecule has 1 aliphatic carbocycles. The van der Waals surface area contributed by atoms with Crippen LogP contribution in [0.4, 0.5) is 0 Å². The lowest BCUT2D eigenvalue weighted by molar-refractivity contribution is 1.06. The average molecular weight is 229 g/mol. The van der Waals surface area contributed by atoms with Gasteiger partial charge in [0.2, 0.25) is 0 Å². The van der Waals surface area contributed by atoms with Crippen molar-refractivity contribution in [1.82, 2.24) is 0 Å². The number of rotatable bonds is 2. The van der Waals surface area contributed by atoms with Crippen LogP contribution in [0.2, 0.25) is 10.0 Å². The van der Waals surface area contributed by atoms with Crippen LogP contribution in [0.15, 0.2) is 23.2 Å². The number of nitrogens with zero attached hydrogens (tertiary/aromatic N) is 1. The fourth-order valence-corrected chi connectivity index (χ4v) is 1.70. The zero-order valence-electron chi connectivity index (χ0n) is 7.50. The zero-order chi connectivity index (χ0) is 10.1. The SMILES string of the molecule is NC(=NC1CC1)c1cc(Cl)cc(Cl)c1. The molecule has 2 N–H and O–H groups in total. The summed E-state index contributed by atoms with van der Waals surface area (Å²) < 4.78 is 0. The molecule has 1 fully saturated rings. The van der Waals surface area contributed by atoms with Crippen molar-refractivity contribution < 1.29 is 0 Å². The normalized spacial score (nSPS) is 17.1. The number of hydrogen-bond donors (Lipinski definition) is 1. The quantitative estimate of drug-likeness (QED) is 0.614. The third-order valence-electron chi connectivity index (χ3n) is 2.03. The van der Waals surface area contributed by atoms with Crippen molar-refractivity contribution in [2.45, 2.75) is 18.9 Å². The Kier molecular flexibility index (Phi) is 2.66. The molecule has 1 aromatic rings. The third kappa shape index (κ3) is 2.40. The van der Waals surface area contributed by atoms with Crippen LogP contribution < -0.4 is 5.73 Å². The van der Waals surface area contributed by atoms with Crippen LogP contribution in [-0.2, 0) is 0 Å². The Hall–Kier alpha value is -0.730. The van der Waals surface area contributed by atoms with E-state index in [9.17, 15) is 0 Å². The molecule has 1 aliphatic rings. The van der Waals surface area contributed by atoms with Gasteiger partial charge < -0.3 is 5.73 Å². The Bertz CT molecular complexity index is 363. The molecule has 4 heteroatoms. The fourth-order valence-electron chi connectivity index (χ4n) is 1.18. The predicted octanol–water partition coefficient (Wildman–Crippen LogP) is 2.86. The molecule has 2 rings (SSSR count). The van der Waals surface area contributed by atoms with E-state index in [-0.39, 0.29) is 0 Å². The molecule has 0 heterocycles. The highest BCUT2D eigenvalue weighted by molar-refractivity contribution is 6.35. The van der Waals surface area contributed by atoms with E-state index in [1.54, 1.807) is 18.2 Å². The summed E-state index contributed by atoms with van der Waals surface area (Å²) >= 11 is 11.7. The summed E-state index contributed by atoms with van der Waals surface area (Å²) in [5.41, 5.74) is 6.61. The Morgan fingerprint density at radius 1 is 1.21 bits per heavy atom. The van der Waals surface area contributed by atoms with E-state index in [1.165, 1.54) is 0 Å². The van der Waals surface area contributed by atoms with E-state index in [0.29, 0.717) is 21.9 Å². The van der Waals surface area contributed by atoms with Gasteiger partial charge in [-0.05, 0) is 31.0 Å². The Balaban J connectivity index is 2.30. The van der Waals surface area contributed by atoms with E-state index in [2.05, 4.69) is 4.99 Å². The van der Waals surface area contributed by atoms with Gasteiger partial charge in [-0.3, -0.25) is 4.99 Å². The molecule has 0 unspecified atom stereocenters. The molecular weight excluding hydrogens is 219 g/mol. The molecule has 1 saturated carbocycles. The third-order valence-corrected chi connectivity index (χ3v) is 2.46. The Morgan fingerprint density at radius 3 is 2.29 bits per heavy atom. The van der Waals surface area contributed by atoms with Gasteiger partial charge in [0.15, 0.2) is 0 Å². The largest absolute Gasteiger partial charge is 0.383 e. The maximum Gasteiger partial charge on any atom is 0.125 e. The second-order valence-electron chi connectivity index (χ2n) is 3.40. The molecule has 0 bridgehead atoms. The molecule has 0 saturated heterocycles. The first-order chi connectivity index (χ1) is 6.65. The minimum absolute atomic E-state index is 0.410. The van der Waals surface area contributed by atoms with Crippen molar-refractivity contribution in [2.75, 3.05) is 0 Å². The molecule has 74 valence electrons. The average Bonchev–Trinajstić information content (AvgIpc) is 2.86. The lowest BCUT2D eigenvalue weighted by Gasteiger charge is -2.02. The van der Waals surface area contributed by atoms with E-state index >= 15 is 0 Å². The number of nitrogens with two attached hydrogens (primary N) is 1. The van der Waals surface area contributed by atoms with Gasteiger partial charge in [0, 0.05) is 15.6 Å². The van der Waals surface area contributed by atoms with Crippen LogP contribution in [-0.4, -0.2) is 11.9 Å². The number of hydrogen-bond acceptors (Lipinski definition) is 1. The van der Waals surface area contributed by atoms with E-state index in [0.717, 1.165) is 18.4 Å². The van der Waals surface area contributed by atoms with Crippen molar-refractivity contribution >= 4 is 29.0 Å². The summed E-state index contributed by atoms with van der Waals surface area (Å²) in [6.45, 7) is 0. The van der Waals surface area contributed by atoms with Gasteiger partial charge in [0.1, 0.15) is 5.84 Å². The minimum atomic E-state index is 0.410. The van der Waals surface area contributed by atoms with E-state index in [4.69, 9.17) is 28.9 Å². The van der Waals surface area contributed by atoms with Gasteiger partial charge in [0.25, 0.3) is 0 Å². The molecule has 0 radical (unpaired) electrons. The second kappa shape index (κ2) is 3.79. The molecule has 14 heavy (non-hydrogen) atoms. The molecule has 0 amide bonds. The van der Waals surface area contributed by atoms with Crippen molar-refractivity contribution in [2.24, 2.45) is 10.7 Å². The second-order valence-corrected chi connectivity index (χ2v) is 4.28. The first-order valence-electron chi connectivity index (χ1n) is 4.45. The topological polar surface area (TPSA) is 38.4 Å². The maximum atomic E-state index is 5.85. The van der Waals surface area contributed by atoms with Gasteiger partial charge in [-0.2, -0.15) is 0 Å². The van der Waals surface area contributed by atoms with Crippen LogP contribution >= 0.6 is 23.2 Å². The summed E-state index contributed by atoms with van der Waals surface area (Å²) in [6.07, 6.45) is 2.27. The van der Waals surface area contributed by atoms with Crippen LogP contribution in [0.1, 0.15) is 18.4 Å². The molecular formula is C10H10Cl2N2. The van der Waals surface area contributed by atoms with E-state index in [1.807, 2.05) is 0 Å². The van der Waals surface area contributed by atoms with Crippen LogP contribution in [0.5, 0.6) is 0 Å². The van der Waals surface area contributed by atoms with Crippen molar-refractivity contribution in [3.8, 4) is 0 Å². The van der Waals surface area contributed by atoms with Crippen molar-refractivity contribution in [3.63, 3.8) is 0 Å². The lowest BCUT2D eigenvalue weighted by Crippen LogP contribution is -2.14. The number of halogens is 2. The summed E-state index contributed by atoms with van der Waals surface area (Å²) in [5, 5.41) is 1.17. The van der Waals surface area contributed by atoms with Crippen molar-refractivity contribution in [1.29, 1.82) is 0 Å². The summed E-state index contributed by atoms with van der Waals surface area (Å²) in [6, 6.07) is 5.63. The zero-order valence-corrected chi connectivity index (χ0v) is 9.02. The van der Waals surface area contributed by atoms with Crippen molar-refractivity contribution in [3.05, 3.63) is 33.8 Å². The van der Waals surface area contributed by atoms with Gasteiger partial charge in [-0.25, -0.2) is 0 Å². The molecule has 0 aromatic heterocycles. The predicted molar refractivity (Wildman–Crippen MR) is 60.2 cm³/mol. The number of amidine groups is 1. The highest BCUT2D eigenvalue weighted by atomic mass is 35.5. The van der Waals surface area contributed by atoms with Gasteiger partial charge in [-0.1, -0.05) is 23.2 Å². The van der Waals surface area contributed by atoms with Gasteiger partial charge in [-0.15, -0.1) is 0 Å². The Labute approximate surface area is 92.7 Å². The molecule has 0 spiro atoms.